The normalized spacial score (nSPS) is 24.2. The van der Waals surface area contributed by atoms with E-state index in [1.54, 1.807) is 17.0 Å². The molecule has 0 bridgehead atoms. The lowest BCUT2D eigenvalue weighted by Gasteiger charge is -2.32. The number of urea groups is 1. The molecule has 8 heteroatoms. The van der Waals surface area contributed by atoms with Crippen LogP contribution in [0.25, 0.3) is 11.4 Å². The Bertz CT molecular complexity index is 719. The van der Waals surface area contributed by atoms with E-state index >= 15 is 0 Å². The second-order valence-electron chi connectivity index (χ2n) is 5.43. The van der Waals surface area contributed by atoms with Crippen molar-refractivity contribution in [1.29, 1.82) is 0 Å². The molecule has 0 spiro atoms. The molecule has 2 N–H and O–H groups in total. The molecule has 1 aromatic heterocycles. The molecule has 0 radical (unpaired) electrons. The van der Waals surface area contributed by atoms with Crippen LogP contribution in [0.15, 0.2) is 28.8 Å². The van der Waals surface area contributed by atoms with E-state index in [1.807, 2.05) is 12.1 Å². The van der Waals surface area contributed by atoms with Gasteiger partial charge in [0, 0.05) is 17.1 Å². The number of carbonyl (C=O) groups is 1. The lowest BCUT2D eigenvalue weighted by molar-refractivity contribution is 0.148. The number of fused-ring (bicyclic) bond motifs is 1. The fraction of sp³-hybridized carbons (Fsp3) is 0.357. The summed E-state index contributed by atoms with van der Waals surface area (Å²) in [6, 6.07) is 7.21. The van der Waals surface area contributed by atoms with Crippen LogP contribution in [0.2, 0.25) is 5.02 Å². The Kier molecular flexibility index (Phi) is 3.24. The zero-order valence-corrected chi connectivity index (χ0v) is 12.4. The average molecular weight is 320 g/mol. The zero-order chi connectivity index (χ0) is 15.1. The number of rotatable bonds is 2. The second kappa shape index (κ2) is 5.26. The van der Waals surface area contributed by atoms with Crippen molar-refractivity contribution in [1.82, 2.24) is 25.9 Å². The Morgan fingerprint density at radius 2 is 2.32 bits per heavy atom. The quantitative estimate of drug-likeness (QED) is 0.886. The lowest BCUT2D eigenvalue weighted by Crippen LogP contribution is -2.46. The van der Waals surface area contributed by atoms with Crippen LogP contribution in [0.4, 0.5) is 4.79 Å². The van der Waals surface area contributed by atoms with Crippen molar-refractivity contribution in [2.45, 2.75) is 24.9 Å². The number of nitrogens with one attached hydrogen (secondary N) is 2. The van der Waals surface area contributed by atoms with Gasteiger partial charge < -0.3 is 9.42 Å². The number of amides is 2. The number of nitrogens with zero attached hydrogens (tertiary/aromatic N) is 3. The molecule has 0 aliphatic carbocycles. The minimum absolute atomic E-state index is 0.0202. The molecular formula is C14H14ClN5O2. The Morgan fingerprint density at radius 3 is 3.18 bits per heavy atom. The van der Waals surface area contributed by atoms with E-state index in [0.29, 0.717) is 16.7 Å². The van der Waals surface area contributed by atoms with Gasteiger partial charge in [0.1, 0.15) is 6.17 Å². The number of benzene rings is 1. The first kappa shape index (κ1) is 13.5. The lowest BCUT2D eigenvalue weighted by atomic mass is 9.95. The molecule has 2 atom stereocenters. The first-order valence-corrected chi connectivity index (χ1v) is 7.52. The molecule has 3 heterocycles. The highest BCUT2D eigenvalue weighted by Crippen LogP contribution is 2.33. The molecule has 2 fully saturated rings. The first-order chi connectivity index (χ1) is 10.7. The van der Waals surface area contributed by atoms with Crippen molar-refractivity contribution in [3.05, 3.63) is 35.2 Å². The van der Waals surface area contributed by atoms with Crippen molar-refractivity contribution < 1.29 is 9.32 Å². The second-order valence-corrected chi connectivity index (χ2v) is 5.86. The molecule has 2 saturated heterocycles. The molecule has 7 nitrogen and oxygen atoms in total. The zero-order valence-electron chi connectivity index (χ0n) is 11.6. The minimum atomic E-state index is -0.145. The van der Waals surface area contributed by atoms with E-state index in [0.717, 1.165) is 24.9 Å². The first-order valence-electron chi connectivity index (χ1n) is 7.14. The van der Waals surface area contributed by atoms with Crippen LogP contribution in [0.3, 0.4) is 0 Å². The maximum Gasteiger partial charge on any atom is 0.333 e. The summed E-state index contributed by atoms with van der Waals surface area (Å²) in [7, 11) is 0. The van der Waals surface area contributed by atoms with E-state index in [4.69, 9.17) is 16.1 Å². The van der Waals surface area contributed by atoms with Crippen LogP contribution in [-0.4, -0.2) is 33.8 Å². The predicted molar refractivity (Wildman–Crippen MR) is 78.9 cm³/mol. The summed E-state index contributed by atoms with van der Waals surface area (Å²) in [6.45, 7) is 0.731. The van der Waals surface area contributed by atoms with Gasteiger partial charge >= 0.3 is 6.03 Å². The molecule has 2 unspecified atom stereocenters. The molecule has 2 amide bonds. The summed E-state index contributed by atoms with van der Waals surface area (Å²) in [5.41, 5.74) is 6.44. The van der Waals surface area contributed by atoms with Gasteiger partial charge in [0.25, 0.3) is 0 Å². The predicted octanol–water partition coefficient (Wildman–Crippen LogP) is 2.12. The largest absolute Gasteiger partial charge is 0.339 e. The third kappa shape index (κ3) is 2.22. The van der Waals surface area contributed by atoms with Gasteiger partial charge in [-0.25, -0.2) is 10.2 Å². The molecule has 22 heavy (non-hydrogen) atoms. The smallest absolute Gasteiger partial charge is 0.333 e. The van der Waals surface area contributed by atoms with Gasteiger partial charge in [0.2, 0.25) is 11.7 Å². The topological polar surface area (TPSA) is 83.3 Å². The van der Waals surface area contributed by atoms with Crippen LogP contribution in [0.1, 0.15) is 24.7 Å². The minimum Gasteiger partial charge on any atom is -0.339 e. The van der Waals surface area contributed by atoms with Crippen LogP contribution < -0.4 is 10.9 Å². The Labute approximate surface area is 131 Å². The number of halogens is 1. The van der Waals surface area contributed by atoms with E-state index in [9.17, 15) is 4.79 Å². The SMILES string of the molecule is O=C1NNC2C(c3nc(-c4cccc(Cl)c4)no3)CCCN12. The van der Waals surface area contributed by atoms with Crippen LogP contribution >= 0.6 is 11.6 Å². The summed E-state index contributed by atoms with van der Waals surface area (Å²) >= 11 is 5.99. The summed E-state index contributed by atoms with van der Waals surface area (Å²) in [4.78, 5) is 18.0. The van der Waals surface area contributed by atoms with Gasteiger partial charge in [-0.1, -0.05) is 28.9 Å². The maximum absolute atomic E-state index is 11.7. The fourth-order valence-electron chi connectivity index (χ4n) is 3.00. The third-order valence-electron chi connectivity index (χ3n) is 4.06. The van der Waals surface area contributed by atoms with Crippen molar-refractivity contribution in [2.75, 3.05) is 6.54 Å². The highest BCUT2D eigenvalue weighted by atomic mass is 35.5. The van der Waals surface area contributed by atoms with E-state index in [-0.39, 0.29) is 18.1 Å². The molecule has 0 saturated carbocycles. The van der Waals surface area contributed by atoms with Gasteiger partial charge in [0.05, 0.1) is 5.92 Å². The van der Waals surface area contributed by atoms with Crippen LogP contribution in [0, 0.1) is 0 Å². The van der Waals surface area contributed by atoms with Gasteiger partial charge in [-0.3, -0.25) is 5.43 Å². The Balaban J connectivity index is 1.62. The molecule has 4 rings (SSSR count). The summed E-state index contributed by atoms with van der Waals surface area (Å²) < 4.78 is 5.43. The molecule has 2 aliphatic heterocycles. The van der Waals surface area contributed by atoms with E-state index < -0.39 is 0 Å². The van der Waals surface area contributed by atoms with E-state index in [2.05, 4.69) is 21.0 Å². The van der Waals surface area contributed by atoms with Crippen LogP contribution in [-0.2, 0) is 0 Å². The van der Waals surface area contributed by atoms with Crippen LogP contribution in [0.5, 0.6) is 0 Å². The standard InChI is InChI=1S/C14H14ClN5O2/c15-9-4-1-3-8(7-9)11-16-13(22-19-11)10-5-2-6-20-12(10)17-18-14(20)21/h1,3-4,7,10,12,17H,2,5-6H2,(H,18,21). The molecular weight excluding hydrogens is 306 g/mol. The fourth-order valence-corrected chi connectivity index (χ4v) is 3.19. The highest BCUT2D eigenvalue weighted by molar-refractivity contribution is 6.30. The number of aromatic nitrogens is 2. The monoisotopic (exact) mass is 319 g/mol. The number of hydrogen-bond acceptors (Lipinski definition) is 5. The molecule has 2 aromatic rings. The van der Waals surface area contributed by atoms with Crippen molar-refractivity contribution in [3.8, 4) is 11.4 Å². The average Bonchev–Trinajstić information content (AvgIpc) is 3.15. The van der Waals surface area contributed by atoms with Crippen molar-refractivity contribution >= 4 is 17.6 Å². The summed E-state index contributed by atoms with van der Waals surface area (Å²) in [6.07, 6.45) is 1.65. The maximum atomic E-state index is 11.7. The van der Waals surface area contributed by atoms with Crippen molar-refractivity contribution in [2.24, 2.45) is 0 Å². The third-order valence-corrected chi connectivity index (χ3v) is 4.30. The highest BCUT2D eigenvalue weighted by Gasteiger charge is 2.42. The van der Waals surface area contributed by atoms with Crippen molar-refractivity contribution in [3.63, 3.8) is 0 Å². The van der Waals surface area contributed by atoms with Gasteiger partial charge in [-0.05, 0) is 25.0 Å². The van der Waals surface area contributed by atoms with Gasteiger partial charge in [-0.15, -0.1) is 0 Å². The number of carbonyl (C=O) groups excluding carboxylic acids is 1. The van der Waals surface area contributed by atoms with E-state index in [1.165, 1.54) is 0 Å². The Hall–Kier alpha value is -2.12. The number of hydrazine groups is 1. The summed E-state index contributed by atoms with van der Waals surface area (Å²) in [5.74, 6) is 1.02. The molecule has 114 valence electrons. The molecule has 1 aromatic carbocycles. The number of piperidine rings is 1. The van der Waals surface area contributed by atoms with Gasteiger partial charge in [0.15, 0.2) is 0 Å². The Morgan fingerprint density at radius 1 is 1.41 bits per heavy atom. The summed E-state index contributed by atoms with van der Waals surface area (Å²) in [5, 5.41) is 4.66. The molecule has 2 aliphatic rings. The number of hydrogen-bond donors (Lipinski definition) is 2. The van der Waals surface area contributed by atoms with Gasteiger partial charge in [-0.2, -0.15) is 4.98 Å².